The van der Waals surface area contributed by atoms with Gasteiger partial charge in [-0.3, -0.25) is 0 Å². The third-order valence-corrected chi connectivity index (χ3v) is 3.50. The fraction of sp³-hybridized carbons (Fsp3) is 0.167. The van der Waals surface area contributed by atoms with Crippen molar-refractivity contribution in [3.63, 3.8) is 0 Å². The SMILES string of the molecule is CCOc1ccc2c(-c3ccccc3)cc(=O)oc2c1C. The van der Waals surface area contributed by atoms with Crippen molar-refractivity contribution >= 4 is 11.0 Å². The zero-order valence-electron chi connectivity index (χ0n) is 12.1. The summed E-state index contributed by atoms with van der Waals surface area (Å²) in [6, 6.07) is 15.2. The maximum Gasteiger partial charge on any atom is 0.336 e. The van der Waals surface area contributed by atoms with E-state index in [0.717, 1.165) is 27.8 Å². The largest absolute Gasteiger partial charge is 0.493 e. The molecule has 0 N–H and O–H groups in total. The Morgan fingerprint density at radius 1 is 1.10 bits per heavy atom. The number of benzene rings is 2. The molecule has 0 spiro atoms. The van der Waals surface area contributed by atoms with E-state index in [1.54, 1.807) is 0 Å². The molecule has 0 saturated carbocycles. The van der Waals surface area contributed by atoms with E-state index in [9.17, 15) is 4.79 Å². The number of hydrogen-bond donors (Lipinski definition) is 0. The van der Waals surface area contributed by atoms with Gasteiger partial charge < -0.3 is 9.15 Å². The van der Waals surface area contributed by atoms with Gasteiger partial charge in [0.2, 0.25) is 0 Å². The van der Waals surface area contributed by atoms with Crippen LogP contribution in [0.1, 0.15) is 12.5 Å². The van der Waals surface area contributed by atoms with Crippen LogP contribution >= 0.6 is 0 Å². The van der Waals surface area contributed by atoms with Gasteiger partial charge in [-0.15, -0.1) is 0 Å². The predicted molar refractivity (Wildman–Crippen MR) is 83.8 cm³/mol. The van der Waals surface area contributed by atoms with E-state index in [1.807, 2.05) is 56.3 Å². The highest BCUT2D eigenvalue weighted by molar-refractivity contribution is 5.95. The Balaban J connectivity index is 2.32. The average molecular weight is 280 g/mol. The van der Waals surface area contributed by atoms with Crippen LogP contribution in [0.3, 0.4) is 0 Å². The fourth-order valence-corrected chi connectivity index (χ4v) is 2.51. The Bertz CT molecular complexity index is 832. The van der Waals surface area contributed by atoms with Crippen LogP contribution < -0.4 is 10.4 Å². The zero-order chi connectivity index (χ0) is 14.8. The molecular weight excluding hydrogens is 264 g/mol. The molecule has 0 aliphatic heterocycles. The van der Waals surface area contributed by atoms with Gasteiger partial charge >= 0.3 is 5.63 Å². The summed E-state index contributed by atoms with van der Waals surface area (Å²) in [4.78, 5) is 11.9. The van der Waals surface area contributed by atoms with Crippen molar-refractivity contribution in [2.45, 2.75) is 13.8 Å². The summed E-state index contributed by atoms with van der Waals surface area (Å²) < 4.78 is 11.0. The molecule has 0 saturated heterocycles. The summed E-state index contributed by atoms with van der Waals surface area (Å²) in [6.07, 6.45) is 0. The van der Waals surface area contributed by atoms with Crippen molar-refractivity contribution in [2.75, 3.05) is 6.61 Å². The van der Waals surface area contributed by atoms with Crippen LogP contribution in [-0.4, -0.2) is 6.61 Å². The van der Waals surface area contributed by atoms with E-state index in [1.165, 1.54) is 6.07 Å². The Hall–Kier alpha value is -2.55. The fourth-order valence-electron chi connectivity index (χ4n) is 2.51. The van der Waals surface area contributed by atoms with Crippen LogP contribution in [0.15, 0.2) is 57.7 Å². The molecule has 3 aromatic rings. The Morgan fingerprint density at radius 2 is 1.86 bits per heavy atom. The molecular formula is C18H16O3. The van der Waals surface area contributed by atoms with E-state index in [4.69, 9.17) is 9.15 Å². The maximum absolute atomic E-state index is 11.9. The van der Waals surface area contributed by atoms with Crippen LogP contribution in [0.4, 0.5) is 0 Å². The topological polar surface area (TPSA) is 39.4 Å². The summed E-state index contributed by atoms with van der Waals surface area (Å²) >= 11 is 0. The highest BCUT2D eigenvalue weighted by atomic mass is 16.5. The zero-order valence-corrected chi connectivity index (χ0v) is 12.1. The van der Waals surface area contributed by atoms with Gasteiger partial charge in [-0.05, 0) is 37.1 Å². The number of ether oxygens (including phenoxy) is 1. The predicted octanol–water partition coefficient (Wildman–Crippen LogP) is 4.17. The Labute approximate surface area is 122 Å². The van der Waals surface area contributed by atoms with Gasteiger partial charge in [0.25, 0.3) is 0 Å². The van der Waals surface area contributed by atoms with Gasteiger partial charge in [-0.1, -0.05) is 30.3 Å². The van der Waals surface area contributed by atoms with Crippen LogP contribution in [-0.2, 0) is 0 Å². The van der Waals surface area contributed by atoms with Crippen LogP contribution in [0, 0.1) is 6.92 Å². The second kappa shape index (κ2) is 5.44. The first-order chi connectivity index (χ1) is 10.2. The molecule has 0 aliphatic carbocycles. The lowest BCUT2D eigenvalue weighted by Gasteiger charge is -2.11. The van der Waals surface area contributed by atoms with Crippen molar-refractivity contribution < 1.29 is 9.15 Å². The summed E-state index contributed by atoms with van der Waals surface area (Å²) in [5, 5.41) is 0.918. The molecule has 106 valence electrons. The third-order valence-electron chi connectivity index (χ3n) is 3.50. The van der Waals surface area contributed by atoms with Gasteiger partial charge in [0.05, 0.1) is 6.61 Å². The maximum atomic E-state index is 11.9. The summed E-state index contributed by atoms with van der Waals surface area (Å²) in [6.45, 7) is 4.42. The molecule has 0 aliphatic rings. The van der Waals surface area contributed by atoms with Crippen molar-refractivity contribution in [3.8, 4) is 16.9 Å². The monoisotopic (exact) mass is 280 g/mol. The minimum atomic E-state index is -0.349. The number of fused-ring (bicyclic) bond motifs is 1. The first-order valence-corrected chi connectivity index (χ1v) is 6.96. The molecule has 0 bridgehead atoms. The van der Waals surface area contributed by atoms with E-state index < -0.39 is 0 Å². The van der Waals surface area contributed by atoms with Crippen LogP contribution in [0.2, 0.25) is 0 Å². The van der Waals surface area contributed by atoms with Crippen LogP contribution in [0.25, 0.3) is 22.1 Å². The second-order valence-corrected chi connectivity index (χ2v) is 4.84. The minimum absolute atomic E-state index is 0.349. The van der Waals surface area contributed by atoms with Gasteiger partial charge in [-0.25, -0.2) is 4.79 Å². The summed E-state index contributed by atoms with van der Waals surface area (Å²) in [5.41, 5.74) is 2.97. The van der Waals surface area contributed by atoms with Gasteiger partial charge in [0.15, 0.2) is 0 Å². The van der Waals surface area contributed by atoms with Gasteiger partial charge in [-0.2, -0.15) is 0 Å². The standard InChI is InChI=1S/C18H16O3/c1-3-20-16-10-9-14-15(13-7-5-4-6-8-13)11-17(19)21-18(14)12(16)2/h4-11H,3H2,1-2H3. The number of aryl methyl sites for hydroxylation is 1. The Morgan fingerprint density at radius 3 is 2.57 bits per heavy atom. The van der Waals surface area contributed by atoms with Crippen molar-refractivity contribution in [3.05, 3.63) is 64.5 Å². The van der Waals surface area contributed by atoms with Crippen molar-refractivity contribution in [2.24, 2.45) is 0 Å². The van der Waals surface area contributed by atoms with Crippen molar-refractivity contribution in [1.29, 1.82) is 0 Å². The van der Waals surface area contributed by atoms with Gasteiger partial charge in [0.1, 0.15) is 11.3 Å². The molecule has 3 nitrogen and oxygen atoms in total. The quantitative estimate of drug-likeness (QED) is 0.676. The van der Waals surface area contributed by atoms with E-state index in [0.29, 0.717) is 12.2 Å². The summed E-state index contributed by atoms with van der Waals surface area (Å²) in [5.74, 6) is 0.748. The molecule has 0 atom stereocenters. The molecule has 1 heterocycles. The molecule has 2 aromatic carbocycles. The minimum Gasteiger partial charge on any atom is -0.493 e. The Kier molecular flexibility index (Phi) is 3.48. The van der Waals surface area contributed by atoms with E-state index >= 15 is 0 Å². The molecule has 0 fully saturated rings. The highest BCUT2D eigenvalue weighted by Crippen LogP contribution is 2.32. The molecule has 0 unspecified atom stereocenters. The van der Waals surface area contributed by atoms with Crippen LogP contribution in [0.5, 0.6) is 5.75 Å². The normalized spacial score (nSPS) is 10.8. The molecule has 0 amide bonds. The lowest BCUT2D eigenvalue weighted by Crippen LogP contribution is -2.01. The smallest absolute Gasteiger partial charge is 0.336 e. The average Bonchev–Trinajstić information content (AvgIpc) is 2.51. The highest BCUT2D eigenvalue weighted by Gasteiger charge is 2.12. The number of hydrogen-bond acceptors (Lipinski definition) is 3. The third kappa shape index (κ3) is 2.42. The van der Waals surface area contributed by atoms with E-state index in [-0.39, 0.29) is 5.63 Å². The van der Waals surface area contributed by atoms with Crippen molar-refractivity contribution in [1.82, 2.24) is 0 Å². The second-order valence-electron chi connectivity index (χ2n) is 4.84. The molecule has 0 radical (unpaired) electrons. The molecule has 1 aromatic heterocycles. The molecule has 3 rings (SSSR count). The lowest BCUT2D eigenvalue weighted by atomic mass is 10.0. The summed E-state index contributed by atoms with van der Waals surface area (Å²) in [7, 11) is 0. The first-order valence-electron chi connectivity index (χ1n) is 6.96. The molecule has 21 heavy (non-hydrogen) atoms. The van der Waals surface area contributed by atoms with Gasteiger partial charge in [0, 0.05) is 17.0 Å². The first kappa shape index (κ1) is 13.4. The van der Waals surface area contributed by atoms with E-state index in [2.05, 4.69) is 0 Å². The molecule has 3 heteroatoms. The number of rotatable bonds is 3. The lowest BCUT2D eigenvalue weighted by molar-refractivity contribution is 0.337.